The second-order valence-electron chi connectivity index (χ2n) is 6.46. The van der Waals surface area contributed by atoms with Crippen LogP contribution < -0.4 is 5.32 Å². The Morgan fingerprint density at radius 2 is 1.85 bits per heavy atom. The average molecular weight is 403 g/mol. The Balaban J connectivity index is 1.61. The van der Waals surface area contributed by atoms with E-state index in [2.05, 4.69) is 5.32 Å². The highest BCUT2D eigenvalue weighted by molar-refractivity contribution is 6.42. The van der Waals surface area contributed by atoms with Gasteiger partial charge in [0.15, 0.2) is 0 Å². The average Bonchev–Trinajstić information content (AvgIpc) is 2.69. The first-order chi connectivity index (χ1) is 13.0. The summed E-state index contributed by atoms with van der Waals surface area (Å²) in [6.45, 7) is 1.05. The number of nitrogens with zero attached hydrogens (tertiary/aromatic N) is 1. The minimum absolute atomic E-state index is 0.0550. The van der Waals surface area contributed by atoms with E-state index in [4.69, 9.17) is 23.2 Å². The van der Waals surface area contributed by atoms with Crippen molar-refractivity contribution in [1.82, 2.24) is 4.90 Å². The Kier molecular flexibility index (Phi) is 6.54. The molecule has 1 heterocycles. The van der Waals surface area contributed by atoms with Crippen LogP contribution in [-0.2, 0) is 9.59 Å². The lowest BCUT2D eigenvalue weighted by Gasteiger charge is -2.31. The maximum Gasteiger partial charge on any atom is 0.246 e. The number of benzene rings is 2. The standard InChI is InChI=1S/C21H20Cl2N2O2/c22-18-10-4-6-15(20(18)23)11-12-19(26)25-13-5-7-16(14-25)21(27)24-17-8-2-1-3-9-17/h1-4,6,8-12,16H,5,7,13-14H2,(H,24,27). The van der Waals surface area contributed by atoms with Gasteiger partial charge in [-0.15, -0.1) is 0 Å². The van der Waals surface area contributed by atoms with Crippen molar-refractivity contribution in [3.8, 4) is 0 Å². The van der Waals surface area contributed by atoms with Crippen molar-refractivity contribution in [3.05, 3.63) is 70.2 Å². The number of halogens is 2. The summed E-state index contributed by atoms with van der Waals surface area (Å²) in [5.41, 5.74) is 1.45. The SMILES string of the molecule is O=C(Nc1ccccc1)C1CCCN(C(=O)C=Cc2cccc(Cl)c2Cl)C1. The van der Waals surface area contributed by atoms with Gasteiger partial charge in [0.2, 0.25) is 11.8 Å². The quantitative estimate of drug-likeness (QED) is 0.740. The molecule has 3 rings (SSSR count). The molecule has 2 amide bonds. The number of rotatable bonds is 4. The van der Waals surface area contributed by atoms with Crippen molar-refractivity contribution in [2.45, 2.75) is 12.8 Å². The molecule has 1 aliphatic heterocycles. The van der Waals surface area contributed by atoms with E-state index in [1.807, 2.05) is 30.3 Å². The third-order valence-electron chi connectivity index (χ3n) is 4.53. The number of hydrogen-bond donors (Lipinski definition) is 1. The fraction of sp³-hybridized carbons (Fsp3) is 0.238. The third-order valence-corrected chi connectivity index (χ3v) is 5.37. The molecule has 0 radical (unpaired) electrons. The zero-order valence-corrected chi connectivity index (χ0v) is 16.2. The van der Waals surface area contributed by atoms with Gasteiger partial charge in [-0.3, -0.25) is 9.59 Å². The van der Waals surface area contributed by atoms with Gasteiger partial charge < -0.3 is 10.2 Å². The Morgan fingerprint density at radius 3 is 2.63 bits per heavy atom. The van der Waals surface area contributed by atoms with Crippen molar-refractivity contribution in [2.75, 3.05) is 18.4 Å². The van der Waals surface area contributed by atoms with E-state index in [1.54, 1.807) is 29.2 Å². The fourth-order valence-electron chi connectivity index (χ4n) is 3.07. The summed E-state index contributed by atoms with van der Waals surface area (Å²) >= 11 is 12.1. The molecular weight excluding hydrogens is 383 g/mol. The zero-order valence-electron chi connectivity index (χ0n) is 14.7. The predicted molar refractivity (Wildman–Crippen MR) is 110 cm³/mol. The number of para-hydroxylation sites is 1. The number of anilines is 1. The van der Waals surface area contributed by atoms with E-state index in [0.717, 1.165) is 18.5 Å². The first-order valence-corrected chi connectivity index (χ1v) is 9.57. The van der Waals surface area contributed by atoms with Gasteiger partial charge >= 0.3 is 0 Å². The van der Waals surface area contributed by atoms with Crippen LogP contribution in [0.25, 0.3) is 6.08 Å². The van der Waals surface area contributed by atoms with Crippen LogP contribution in [0.1, 0.15) is 18.4 Å². The van der Waals surface area contributed by atoms with Gasteiger partial charge in [0.05, 0.1) is 16.0 Å². The summed E-state index contributed by atoms with van der Waals surface area (Å²) in [5, 5.41) is 3.78. The second-order valence-corrected chi connectivity index (χ2v) is 7.24. The Bertz CT molecular complexity index is 853. The molecule has 1 saturated heterocycles. The lowest BCUT2D eigenvalue weighted by Crippen LogP contribution is -2.43. The van der Waals surface area contributed by atoms with Gasteiger partial charge in [0.1, 0.15) is 0 Å². The highest BCUT2D eigenvalue weighted by atomic mass is 35.5. The molecule has 2 aromatic carbocycles. The second kappa shape index (κ2) is 9.07. The number of nitrogens with one attached hydrogen (secondary N) is 1. The minimum Gasteiger partial charge on any atom is -0.338 e. The van der Waals surface area contributed by atoms with Crippen molar-refractivity contribution < 1.29 is 9.59 Å². The minimum atomic E-state index is -0.217. The summed E-state index contributed by atoms with van der Waals surface area (Å²) in [5.74, 6) is -0.408. The van der Waals surface area contributed by atoms with E-state index in [9.17, 15) is 9.59 Å². The molecule has 140 valence electrons. The monoisotopic (exact) mass is 402 g/mol. The predicted octanol–water partition coefficient (Wildman–Crippen LogP) is 4.88. The number of hydrogen-bond acceptors (Lipinski definition) is 2. The Hall–Kier alpha value is -2.30. The van der Waals surface area contributed by atoms with Crippen molar-refractivity contribution >= 4 is 46.8 Å². The normalized spacial score (nSPS) is 17.1. The van der Waals surface area contributed by atoms with Crippen LogP contribution in [0.2, 0.25) is 10.0 Å². The summed E-state index contributed by atoms with van der Waals surface area (Å²) in [7, 11) is 0. The molecule has 1 N–H and O–H groups in total. The van der Waals surface area contributed by atoms with Crippen LogP contribution in [0.3, 0.4) is 0 Å². The number of carbonyl (C=O) groups excluding carboxylic acids is 2. The van der Waals surface area contributed by atoms with Crippen molar-refractivity contribution in [1.29, 1.82) is 0 Å². The molecule has 0 saturated carbocycles. The number of amides is 2. The van der Waals surface area contributed by atoms with Crippen LogP contribution in [0, 0.1) is 5.92 Å². The van der Waals surface area contributed by atoms with E-state index in [0.29, 0.717) is 28.7 Å². The van der Waals surface area contributed by atoms with E-state index >= 15 is 0 Å². The lowest BCUT2D eigenvalue weighted by atomic mass is 9.97. The molecule has 0 aromatic heterocycles. The molecule has 1 unspecified atom stereocenters. The Labute approximate surface area is 168 Å². The van der Waals surface area contributed by atoms with E-state index < -0.39 is 0 Å². The van der Waals surface area contributed by atoms with E-state index in [-0.39, 0.29) is 17.7 Å². The zero-order chi connectivity index (χ0) is 19.2. The van der Waals surface area contributed by atoms with Gasteiger partial charge in [0, 0.05) is 24.9 Å². The van der Waals surface area contributed by atoms with Crippen LogP contribution in [0.15, 0.2) is 54.6 Å². The van der Waals surface area contributed by atoms with Crippen LogP contribution >= 0.6 is 23.2 Å². The first kappa shape index (κ1) is 19.5. The maximum atomic E-state index is 12.5. The van der Waals surface area contributed by atoms with Gasteiger partial charge in [0.25, 0.3) is 0 Å². The smallest absolute Gasteiger partial charge is 0.246 e. The molecule has 0 bridgehead atoms. The molecule has 1 aliphatic rings. The van der Waals surface area contributed by atoms with Gasteiger partial charge in [-0.05, 0) is 42.7 Å². The van der Waals surface area contributed by atoms with E-state index in [1.165, 1.54) is 6.08 Å². The molecule has 0 aliphatic carbocycles. The van der Waals surface area contributed by atoms with Crippen LogP contribution in [0.4, 0.5) is 5.69 Å². The van der Waals surface area contributed by atoms with Crippen molar-refractivity contribution in [2.24, 2.45) is 5.92 Å². The number of likely N-dealkylation sites (tertiary alicyclic amines) is 1. The van der Waals surface area contributed by atoms with Gasteiger partial charge in [-0.2, -0.15) is 0 Å². The molecule has 6 heteroatoms. The highest BCUT2D eigenvalue weighted by Gasteiger charge is 2.27. The lowest BCUT2D eigenvalue weighted by molar-refractivity contribution is -0.130. The summed E-state index contributed by atoms with van der Waals surface area (Å²) in [4.78, 5) is 26.7. The largest absolute Gasteiger partial charge is 0.338 e. The van der Waals surface area contributed by atoms with Gasteiger partial charge in [-0.1, -0.05) is 53.5 Å². The summed E-state index contributed by atoms with van der Waals surface area (Å²) < 4.78 is 0. The first-order valence-electron chi connectivity index (χ1n) is 8.81. The van der Waals surface area contributed by atoms with Crippen LogP contribution in [-0.4, -0.2) is 29.8 Å². The molecular formula is C21H20Cl2N2O2. The maximum absolute atomic E-state index is 12.5. The fourth-order valence-corrected chi connectivity index (χ4v) is 3.44. The van der Waals surface area contributed by atoms with Crippen LogP contribution in [0.5, 0.6) is 0 Å². The molecule has 1 fully saturated rings. The highest BCUT2D eigenvalue weighted by Crippen LogP contribution is 2.26. The Morgan fingerprint density at radius 1 is 1.07 bits per heavy atom. The topological polar surface area (TPSA) is 49.4 Å². The molecule has 0 spiro atoms. The molecule has 27 heavy (non-hydrogen) atoms. The summed E-state index contributed by atoms with van der Waals surface area (Å²) in [6.07, 6.45) is 4.70. The summed E-state index contributed by atoms with van der Waals surface area (Å²) in [6, 6.07) is 14.6. The van der Waals surface area contributed by atoms with Crippen molar-refractivity contribution in [3.63, 3.8) is 0 Å². The number of carbonyl (C=O) groups is 2. The number of piperidine rings is 1. The molecule has 1 atom stereocenters. The molecule has 4 nitrogen and oxygen atoms in total. The van der Waals surface area contributed by atoms with Gasteiger partial charge in [-0.25, -0.2) is 0 Å². The third kappa shape index (κ3) is 5.12. The molecule has 2 aromatic rings.